The van der Waals surface area contributed by atoms with E-state index in [0.29, 0.717) is 22.7 Å². The minimum Gasteiger partial charge on any atom is -0.493 e. The predicted molar refractivity (Wildman–Crippen MR) is 103 cm³/mol. The Balaban J connectivity index is 1.38. The molecule has 4 aliphatic carbocycles. The first-order chi connectivity index (χ1) is 13.0. The van der Waals surface area contributed by atoms with Crippen LogP contribution >= 0.6 is 0 Å². The van der Waals surface area contributed by atoms with Crippen molar-refractivity contribution in [2.24, 2.45) is 23.2 Å². The highest BCUT2D eigenvalue weighted by Gasteiger charge is 2.53. The number of methoxy groups -OCH3 is 2. The molecule has 1 amide bonds. The van der Waals surface area contributed by atoms with E-state index >= 15 is 0 Å². The van der Waals surface area contributed by atoms with Crippen LogP contribution in [0.1, 0.15) is 45.4 Å². The van der Waals surface area contributed by atoms with Gasteiger partial charge < -0.3 is 19.5 Å². The number of para-hydroxylation sites is 1. The second-order valence-corrected chi connectivity index (χ2v) is 8.85. The summed E-state index contributed by atoms with van der Waals surface area (Å²) in [5.74, 6) is 4.16. The van der Waals surface area contributed by atoms with Gasteiger partial charge >= 0.3 is 0 Å². The largest absolute Gasteiger partial charge is 0.493 e. The Hall–Kier alpha value is -1.91. The average molecular weight is 373 g/mol. The normalized spacial score (nSPS) is 32.0. The number of carbonyl (C=O) groups excluding carboxylic acids is 1. The third-order valence-electron chi connectivity index (χ3n) is 7.11. The van der Waals surface area contributed by atoms with Crippen molar-refractivity contribution < 1.29 is 19.0 Å². The van der Waals surface area contributed by atoms with Crippen molar-refractivity contribution in [1.29, 1.82) is 0 Å². The second-order valence-electron chi connectivity index (χ2n) is 8.85. The molecule has 27 heavy (non-hydrogen) atoms. The molecule has 0 radical (unpaired) electrons. The zero-order valence-corrected chi connectivity index (χ0v) is 16.6. The van der Waals surface area contributed by atoms with Crippen molar-refractivity contribution in [1.82, 2.24) is 5.32 Å². The molecule has 5 heteroatoms. The van der Waals surface area contributed by atoms with Crippen molar-refractivity contribution >= 4 is 5.91 Å². The molecule has 0 spiro atoms. The molecule has 1 aromatic carbocycles. The van der Waals surface area contributed by atoms with Crippen LogP contribution in [0.15, 0.2) is 18.2 Å². The lowest BCUT2D eigenvalue weighted by Crippen LogP contribution is -2.56. The van der Waals surface area contributed by atoms with Crippen LogP contribution < -0.4 is 19.5 Å². The van der Waals surface area contributed by atoms with Crippen molar-refractivity contribution in [2.45, 2.75) is 51.5 Å². The Kier molecular flexibility index (Phi) is 4.95. The van der Waals surface area contributed by atoms with E-state index in [0.717, 1.165) is 17.8 Å². The van der Waals surface area contributed by atoms with Gasteiger partial charge in [-0.15, -0.1) is 0 Å². The van der Waals surface area contributed by atoms with Gasteiger partial charge in [0.25, 0.3) is 5.91 Å². The van der Waals surface area contributed by atoms with Crippen molar-refractivity contribution in [3.05, 3.63) is 18.2 Å². The van der Waals surface area contributed by atoms with Gasteiger partial charge in [-0.1, -0.05) is 6.07 Å². The summed E-state index contributed by atoms with van der Waals surface area (Å²) in [5.41, 5.74) is 0.298. The number of hydrogen-bond acceptors (Lipinski definition) is 4. The van der Waals surface area contributed by atoms with Crippen LogP contribution in [0.3, 0.4) is 0 Å². The Morgan fingerprint density at radius 2 is 1.59 bits per heavy atom. The van der Waals surface area contributed by atoms with Crippen LogP contribution in [0.2, 0.25) is 0 Å². The molecule has 0 unspecified atom stereocenters. The number of rotatable bonds is 7. The van der Waals surface area contributed by atoms with Gasteiger partial charge in [0.2, 0.25) is 5.75 Å². The molecule has 5 nitrogen and oxygen atoms in total. The Morgan fingerprint density at radius 1 is 1.07 bits per heavy atom. The lowest BCUT2D eigenvalue weighted by atomic mass is 9.48. The number of nitrogens with one attached hydrogen (secondary N) is 1. The van der Waals surface area contributed by atoms with E-state index in [2.05, 4.69) is 12.2 Å². The van der Waals surface area contributed by atoms with Crippen LogP contribution in [-0.4, -0.2) is 32.8 Å². The fourth-order valence-corrected chi connectivity index (χ4v) is 6.24. The van der Waals surface area contributed by atoms with Crippen LogP contribution in [-0.2, 0) is 4.79 Å². The second kappa shape index (κ2) is 7.25. The molecule has 4 bridgehead atoms. The molecule has 4 aliphatic rings. The van der Waals surface area contributed by atoms with Crippen LogP contribution in [0.5, 0.6) is 17.2 Å². The van der Waals surface area contributed by atoms with E-state index < -0.39 is 0 Å². The van der Waals surface area contributed by atoms with Crippen molar-refractivity contribution in [2.75, 3.05) is 20.8 Å². The standard InChI is InChI=1S/C22H31NO4/c1-14(22-10-15-7-16(11-22)9-17(8-15)12-22)23-20(24)13-27-21-18(25-2)5-4-6-19(21)26-3/h4-6,14-17H,7-13H2,1-3H3,(H,23,24)/t14-,15?,16?,17?,22?/m0/s1. The quantitative estimate of drug-likeness (QED) is 0.790. The third kappa shape index (κ3) is 3.48. The number of amides is 1. The van der Waals surface area contributed by atoms with Gasteiger partial charge in [-0.05, 0) is 80.8 Å². The Bertz CT molecular complexity index is 644. The molecule has 148 valence electrons. The summed E-state index contributed by atoms with van der Waals surface area (Å²) < 4.78 is 16.4. The van der Waals surface area contributed by atoms with E-state index in [9.17, 15) is 4.79 Å². The molecule has 1 N–H and O–H groups in total. The van der Waals surface area contributed by atoms with Crippen LogP contribution in [0, 0.1) is 23.2 Å². The van der Waals surface area contributed by atoms with Gasteiger partial charge in [-0.25, -0.2) is 0 Å². The SMILES string of the molecule is COc1cccc(OC)c1OCC(=O)N[C@@H](C)C12CC3CC(CC(C3)C1)C2. The first kappa shape index (κ1) is 18.5. The first-order valence-corrected chi connectivity index (χ1v) is 10.2. The molecule has 5 rings (SSSR count). The Labute approximate surface area is 161 Å². The lowest BCUT2D eigenvalue weighted by molar-refractivity contribution is -0.127. The van der Waals surface area contributed by atoms with E-state index in [-0.39, 0.29) is 18.6 Å². The maximum Gasteiger partial charge on any atom is 0.258 e. The smallest absolute Gasteiger partial charge is 0.258 e. The van der Waals surface area contributed by atoms with Crippen molar-refractivity contribution in [3.63, 3.8) is 0 Å². The number of hydrogen-bond donors (Lipinski definition) is 1. The highest BCUT2D eigenvalue weighted by molar-refractivity contribution is 5.78. The molecule has 0 heterocycles. The van der Waals surface area contributed by atoms with Crippen LogP contribution in [0.25, 0.3) is 0 Å². The number of carbonyl (C=O) groups is 1. The van der Waals surface area contributed by atoms with Gasteiger partial charge in [0.1, 0.15) is 0 Å². The monoisotopic (exact) mass is 373 g/mol. The van der Waals surface area contributed by atoms with Crippen molar-refractivity contribution in [3.8, 4) is 17.2 Å². The highest BCUT2D eigenvalue weighted by atomic mass is 16.5. The fourth-order valence-electron chi connectivity index (χ4n) is 6.24. The van der Waals surface area contributed by atoms with E-state index in [1.807, 2.05) is 6.07 Å². The van der Waals surface area contributed by atoms with E-state index in [1.54, 1.807) is 26.4 Å². The first-order valence-electron chi connectivity index (χ1n) is 10.2. The fraction of sp³-hybridized carbons (Fsp3) is 0.682. The lowest BCUT2D eigenvalue weighted by Gasteiger charge is -2.59. The molecular weight excluding hydrogens is 342 g/mol. The summed E-state index contributed by atoms with van der Waals surface area (Å²) >= 11 is 0. The molecule has 4 fully saturated rings. The molecule has 0 aromatic heterocycles. The van der Waals surface area contributed by atoms with E-state index in [1.165, 1.54) is 38.5 Å². The van der Waals surface area contributed by atoms with Gasteiger partial charge in [0, 0.05) is 6.04 Å². The number of benzene rings is 1. The van der Waals surface area contributed by atoms with Gasteiger partial charge in [0.15, 0.2) is 18.1 Å². The average Bonchev–Trinajstić information content (AvgIpc) is 2.64. The maximum atomic E-state index is 12.6. The maximum absolute atomic E-state index is 12.6. The highest BCUT2D eigenvalue weighted by Crippen LogP contribution is 2.61. The summed E-state index contributed by atoms with van der Waals surface area (Å²) in [6, 6.07) is 5.63. The predicted octanol–water partition coefficient (Wildman–Crippen LogP) is 3.80. The van der Waals surface area contributed by atoms with E-state index in [4.69, 9.17) is 14.2 Å². The Morgan fingerprint density at radius 3 is 2.07 bits per heavy atom. The number of ether oxygens (including phenoxy) is 3. The molecule has 4 saturated carbocycles. The zero-order chi connectivity index (χ0) is 19.0. The molecular formula is C22H31NO4. The third-order valence-corrected chi connectivity index (χ3v) is 7.11. The minimum atomic E-state index is -0.0776. The van der Waals surface area contributed by atoms with Crippen LogP contribution in [0.4, 0.5) is 0 Å². The molecule has 0 aliphatic heterocycles. The van der Waals surface area contributed by atoms with Gasteiger partial charge in [0.05, 0.1) is 14.2 Å². The summed E-state index contributed by atoms with van der Waals surface area (Å²) in [4.78, 5) is 12.6. The summed E-state index contributed by atoms with van der Waals surface area (Å²) in [5, 5.41) is 3.24. The molecule has 0 saturated heterocycles. The summed E-state index contributed by atoms with van der Waals surface area (Å²) in [6.45, 7) is 2.15. The topological polar surface area (TPSA) is 56.8 Å². The molecule has 1 atom stereocenters. The zero-order valence-electron chi connectivity index (χ0n) is 16.6. The minimum absolute atomic E-state index is 0.0343. The van der Waals surface area contributed by atoms with Gasteiger partial charge in [-0.2, -0.15) is 0 Å². The van der Waals surface area contributed by atoms with Gasteiger partial charge in [-0.3, -0.25) is 4.79 Å². The molecule has 1 aromatic rings. The summed E-state index contributed by atoms with van der Waals surface area (Å²) in [7, 11) is 3.16. The summed E-state index contributed by atoms with van der Waals surface area (Å²) in [6.07, 6.45) is 8.08.